The van der Waals surface area contributed by atoms with Gasteiger partial charge in [0.1, 0.15) is 9.84 Å². The van der Waals surface area contributed by atoms with E-state index in [9.17, 15) is 13.5 Å². The van der Waals surface area contributed by atoms with E-state index in [1.54, 1.807) is 13.8 Å². The van der Waals surface area contributed by atoms with E-state index in [-0.39, 0.29) is 17.0 Å². The Morgan fingerprint density at radius 2 is 1.65 bits per heavy atom. The molecule has 104 valence electrons. The maximum atomic E-state index is 11.4. The molecule has 1 unspecified atom stereocenters. The van der Waals surface area contributed by atoms with Crippen molar-refractivity contribution in [1.82, 2.24) is 5.32 Å². The fraction of sp³-hybridized carbons (Fsp3) is 1.00. The summed E-state index contributed by atoms with van der Waals surface area (Å²) in [4.78, 5) is 0. The Labute approximate surface area is 106 Å². The van der Waals surface area contributed by atoms with E-state index >= 15 is 0 Å². The molecule has 0 rings (SSSR count). The molecule has 17 heavy (non-hydrogen) atoms. The molecule has 0 amide bonds. The minimum atomic E-state index is -2.99. The van der Waals surface area contributed by atoms with E-state index in [4.69, 9.17) is 0 Å². The first-order valence-electron chi connectivity index (χ1n) is 6.15. The normalized spacial score (nSPS) is 16.8. The van der Waals surface area contributed by atoms with E-state index in [2.05, 4.69) is 26.1 Å². The summed E-state index contributed by atoms with van der Waals surface area (Å²) in [5.74, 6) is 0.204. The number of rotatable bonds is 7. The lowest BCUT2D eigenvalue weighted by atomic mass is 9.98. The van der Waals surface area contributed by atoms with Crippen LogP contribution in [0.3, 0.4) is 0 Å². The van der Waals surface area contributed by atoms with E-state index in [0.29, 0.717) is 19.4 Å². The van der Waals surface area contributed by atoms with Gasteiger partial charge in [-0.15, -0.1) is 0 Å². The molecule has 0 aliphatic heterocycles. The molecule has 5 heteroatoms. The molecule has 0 aromatic carbocycles. The van der Waals surface area contributed by atoms with Crippen LogP contribution in [-0.2, 0) is 9.84 Å². The Balaban J connectivity index is 4.05. The van der Waals surface area contributed by atoms with Gasteiger partial charge in [-0.2, -0.15) is 0 Å². The predicted molar refractivity (Wildman–Crippen MR) is 71.9 cm³/mol. The van der Waals surface area contributed by atoms with Gasteiger partial charge in [0.15, 0.2) is 0 Å². The highest BCUT2D eigenvalue weighted by Crippen LogP contribution is 2.15. The summed E-state index contributed by atoms with van der Waals surface area (Å²) in [6, 6.07) is 0. The first-order valence-corrected chi connectivity index (χ1v) is 7.97. The lowest BCUT2D eigenvalue weighted by Crippen LogP contribution is -2.40. The Morgan fingerprint density at radius 3 is 2.06 bits per heavy atom. The summed E-state index contributed by atoms with van der Waals surface area (Å²) >= 11 is 0. The van der Waals surface area contributed by atoms with Crippen molar-refractivity contribution in [2.75, 3.05) is 18.1 Å². The molecule has 0 aromatic rings. The summed E-state index contributed by atoms with van der Waals surface area (Å²) in [6.45, 7) is 10.2. The van der Waals surface area contributed by atoms with Crippen LogP contribution in [-0.4, -0.2) is 42.7 Å². The zero-order chi connectivity index (χ0) is 13.7. The molecule has 4 nitrogen and oxygen atoms in total. The van der Waals surface area contributed by atoms with Gasteiger partial charge in [0.05, 0.1) is 11.4 Å². The highest BCUT2D eigenvalue weighted by atomic mass is 32.2. The SMILES string of the molecule is CCS(=O)(=O)CCC(C)(O)CCNC(C)(C)C. The van der Waals surface area contributed by atoms with Crippen LogP contribution in [0.25, 0.3) is 0 Å². The van der Waals surface area contributed by atoms with Crippen LogP contribution >= 0.6 is 0 Å². The van der Waals surface area contributed by atoms with Crippen LogP contribution in [0.4, 0.5) is 0 Å². The highest BCUT2D eigenvalue weighted by Gasteiger charge is 2.23. The van der Waals surface area contributed by atoms with Gasteiger partial charge in [0.25, 0.3) is 0 Å². The topological polar surface area (TPSA) is 66.4 Å². The molecule has 0 saturated carbocycles. The molecule has 1 atom stereocenters. The summed E-state index contributed by atoms with van der Waals surface area (Å²) in [5, 5.41) is 13.3. The maximum absolute atomic E-state index is 11.4. The zero-order valence-corrected chi connectivity index (χ0v) is 12.5. The smallest absolute Gasteiger partial charge is 0.150 e. The first kappa shape index (κ1) is 16.9. The average molecular weight is 265 g/mol. The number of hydrogen-bond acceptors (Lipinski definition) is 4. The fourth-order valence-electron chi connectivity index (χ4n) is 1.35. The third-order valence-corrected chi connectivity index (χ3v) is 4.42. The van der Waals surface area contributed by atoms with Gasteiger partial charge in [0.2, 0.25) is 0 Å². The number of aliphatic hydroxyl groups is 1. The molecule has 0 fully saturated rings. The average Bonchev–Trinajstić information content (AvgIpc) is 2.13. The first-order chi connectivity index (χ1) is 7.47. The molecule has 0 aromatic heterocycles. The molecular formula is C12H27NO3S. The van der Waals surface area contributed by atoms with Crippen molar-refractivity contribution in [3.63, 3.8) is 0 Å². The van der Waals surface area contributed by atoms with Crippen molar-refractivity contribution >= 4 is 9.84 Å². The van der Waals surface area contributed by atoms with Crippen molar-refractivity contribution in [2.24, 2.45) is 0 Å². The van der Waals surface area contributed by atoms with E-state index < -0.39 is 15.4 Å². The monoisotopic (exact) mass is 265 g/mol. The van der Waals surface area contributed by atoms with Crippen LogP contribution < -0.4 is 5.32 Å². The van der Waals surface area contributed by atoms with Crippen molar-refractivity contribution in [3.8, 4) is 0 Å². The van der Waals surface area contributed by atoms with Crippen molar-refractivity contribution in [3.05, 3.63) is 0 Å². The summed E-state index contributed by atoms with van der Waals surface area (Å²) in [7, 11) is -2.99. The molecule has 0 bridgehead atoms. The van der Waals surface area contributed by atoms with Gasteiger partial charge in [-0.1, -0.05) is 6.92 Å². The molecule has 0 radical (unpaired) electrons. The molecule has 2 N–H and O–H groups in total. The van der Waals surface area contributed by atoms with Gasteiger partial charge in [-0.3, -0.25) is 0 Å². The fourth-order valence-corrected chi connectivity index (χ4v) is 2.39. The summed E-state index contributed by atoms with van der Waals surface area (Å²) in [6.07, 6.45) is 0.860. The predicted octanol–water partition coefficient (Wildman–Crippen LogP) is 1.34. The molecule has 0 spiro atoms. The van der Waals surface area contributed by atoms with Gasteiger partial charge >= 0.3 is 0 Å². The van der Waals surface area contributed by atoms with Crippen LogP contribution in [0.1, 0.15) is 47.5 Å². The Bertz CT molecular complexity index is 315. The van der Waals surface area contributed by atoms with Crippen molar-refractivity contribution < 1.29 is 13.5 Å². The van der Waals surface area contributed by atoms with E-state index in [1.165, 1.54) is 0 Å². The zero-order valence-electron chi connectivity index (χ0n) is 11.7. The minimum Gasteiger partial charge on any atom is -0.390 e. The second kappa shape index (κ2) is 6.16. The third-order valence-electron chi connectivity index (χ3n) is 2.71. The lowest BCUT2D eigenvalue weighted by Gasteiger charge is -2.26. The quantitative estimate of drug-likeness (QED) is 0.729. The number of sulfone groups is 1. The van der Waals surface area contributed by atoms with Crippen molar-refractivity contribution in [2.45, 2.75) is 58.6 Å². The highest BCUT2D eigenvalue weighted by molar-refractivity contribution is 7.91. The molecule has 0 saturated heterocycles. The molecule has 0 aliphatic carbocycles. The molecule has 0 aliphatic rings. The van der Waals surface area contributed by atoms with Crippen LogP contribution in [0.5, 0.6) is 0 Å². The summed E-state index contributed by atoms with van der Waals surface area (Å²) in [5.41, 5.74) is -0.897. The van der Waals surface area contributed by atoms with Gasteiger partial charge in [-0.05, 0) is 47.1 Å². The Morgan fingerprint density at radius 1 is 1.12 bits per heavy atom. The Hall–Kier alpha value is -0.130. The maximum Gasteiger partial charge on any atom is 0.150 e. The van der Waals surface area contributed by atoms with Gasteiger partial charge in [0, 0.05) is 11.3 Å². The summed E-state index contributed by atoms with van der Waals surface area (Å²) < 4.78 is 22.7. The number of nitrogens with one attached hydrogen (secondary N) is 1. The van der Waals surface area contributed by atoms with Crippen LogP contribution in [0.2, 0.25) is 0 Å². The van der Waals surface area contributed by atoms with Gasteiger partial charge in [-0.25, -0.2) is 8.42 Å². The van der Waals surface area contributed by atoms with Crippen LogP contribution in [0.15, 0.2) is 0 Å². The van der Waals surface area contributed by atoms with Gasteiger partial charge < -0.3 is 10.4 Å². The van der Waals surface area contributed by atoms with Crippen LogP contribution in [0, 0.1) is 0 Å². The minimum absolute atomic E-state index is 0.0194. The largest absolute Gasteiger partial charge is 0.390 e. The third kappa shape index (κ3) is 9.56. The van der Waals surface area contributed by atoms with E-state index in [0.717, 1.165) is 0 Å². The van der Waals surface area contributed by atoms with Crippen molar-refractivity contribution in [1.29, 1.82) is 0 Å². The number of hydrogen-bond donors (Lipinski definition) is 2. The van der Waals surface area contributed by atoms with E-state index in [1.807, 2.05) is 0 Å². The Kier molecular flexibility index (Phi) is 6.11. The molecule has 0 heterocycles. The standard InChI is InChI=1S/C12H27NO3S/c1-6-17(15,16)10-8-12(5,14)7-9-13-11(2,3)4/h13-14H,6-10H2,1-5H3. The second-order valence-corrected chi connectivity index (χ2v) is 8.38. The lowest BCUT2D eigenvalue weighted by molar-refractivity contribution is 0.0465. The second-order valence-electron chi connectivity index (χ2n) is 5.91. The molecular weight excluding hydrogens is 238 g/mol.